The molecule has 3 heterocycles. The van der Waals surface area contributed by atoms with Crippen molar-refractivity contribution in [3.05, 3.63) is 52.1 Å². The minimum atomic E-state index is -4.71. The number of alkyl halides is 3. The average molecular weight is 607 g/mol. The zero-order valence-electron chi connectivity index (χ0n) is 22.7. The van der Waals surface area contributed by atoms with Crippen LogP contribution in [0.15, 0.2) is 24.7 Å². The van der Waals surface area contributed by atoms with Gasteiger partial charge in [-0.05, 0) is 55.2 Å². The van der Waals surface area contributed by atoms with Crippen LogP contribution in [-0.4, -0.2) is 55.7 Å². The second kappa shape index (κ2) is 10.7. The maximum absolute atomic E-state index is 14.2. The van der Waals surface area contributed by atoms with Gasteiger partial charge in [-0.15, -0.1) is 0 Å². The van der Waals surface area contributed by atoms with Crippen LogP contribution in [0.5, 0.6) is 5.75 Å². The molecule has 6 rings (SSSR count). The van der Waals surface area contributed by atoms with Gasteiger partial charge in [0.25, 0.3) is 0 Å². The van der Waals surface area contributed by atoms with Crippen molar-refractivity contribution in [2.24, 2.45) is 17.3 Å². The van der Waals surface area contributed by atoms with Crippen LogP contribution in [0.25, 0.3) is 0 Å². The number of fused-ring (bicyclic) bond motifs is 1. The van der Waals surface area contributed by atoms with Gasteiger partial charge in [-0.1, -0.05) is 24.4 Å². The van der Waals surface area contributed by atoms with Crippen LogP contribution in [0, 0.1) is 17.3 Å². The van der Waals surface area contributed by atoms with Crippen molar-refractivity contribution in [2.75, 3.05) is 13.1 Å². The fourth-order valence-corrected chi connectivity index (χ4v) is 7.08. The zero-order chi connectivity index (χ0) is 29.8. The first-order chi connectivity index (χ1) is 20.0. The summed E-state index contributed by atoms with van der Waals surface area (Å²) in [7, 11) is 0. The summed E-state index contributed by atoms with van der Waals surface area (Å²) >= 11 is 6.62. The lowest BCUT2D eigenvalue weighted by atomic mass is 9.78. The fraction of sp³-hybridized carbons (Fsp3) is 0.552. The SMILES string of the molecule is O=C(O)C1CCCCC1C(=O)N1CCc2c(Cl)ccc(OCc3cncnc3C(F)(F)F)c2C1N1CC2(CC2)CC1=O. The van der Waals surface area contributed by atoms with Gasteiger partial charge in [-0.25, -0.2) is 9.97 Å². The summed E-state index contributed by atoms with van der Waals surface area (Å²) in [6.45, 7) is 0.125. The number of carboxylic acid groups (broad SMARTS) is 1. The quantitative estimate of drug-likeness (QED) is 0.492. The third-order valence-electron chi connectivity index (χ3n) is 9.14. The molecule has 4 aliphatic rings. The van der Waals surface area contributed by atoms with Crippen molar-refractivity contribution < 1.29 is 37.4 Å². The van der Waals surface area contributed by atoms with Gasteiger partial charge < -0.3 is 19.6 Å². The van der Waals surface area contributed by atoms with E-state index in [1.165, 1.54) is 6.07 Å². The number of rotatable bonds is 6. The number of ether oxygens (including phenoxy) is 1. The van der Waals surface area contributed by atoms with E-state index in [1.807, 2.05) is 0 Å². The number of hydrogen-bond acceptors (Lipinski definition) is 6. The standard InChI is InChI=1S/C29H30ClF3N4O5/c30-20-5-6-21(42-13-16-12-34-15-35-24(16)29(31,32)33)23-19(20)7-10-36(25(23)37-14-28(8-9-28)11-22(37)38)26(39)17-3-1-2-4-18(17)27(40)41/h5-6,12,15,17-18,25H,1-4,7-11,13-14H2,(H,40,41). The number of amides is 2. The Bertz CT molecular complexity index is 1430. The second-order valence-electron chi connectivity index (χ2n) is 11.8. The third-order valence-corrected chi connectivity index (χ3v) is 9.50. The summed E-state index contributed by atoms with van der Waals surface area (Å²) < 4.78 is 46.8. The summed E-state index contributed by atoms with van der Waals surface area (Å²) in [4.78, 5) is 50.1. The van der Waals surface area contributed by atoms with E-state index in [9.17, 15) is 32.7 Å². The molecule has 9 nitrogen and oxygen atoms in total. The van der Waals surface area contributed by atoms with Crippen molar-refractivity contribution in [3.63, 3.8) is 0 Å². The highest BCUT2D eigenvalue weighted by Crippen LogP contribution is 2.56. The molecule has 0 radical (unpaired) electrons. The molecule has 2 saturated carbocycles. The molecule has 2 amide bonds. The minimum Gasteiger partial charge on any atom is -0.488 e. The van der Waals surface area contributed by atoms with E-state index in [-0.39, 0.29) is 35.1 Å². The van der Waals surface area contributed by atoms with Gasteiger partial charge in [0.05, 0.1) is 11.8 Å². The molecular formula is C29H30ClF3N4O5. The maximum atomic E-state index is 14.2. The third kappa shape index (κ3) is 5.18. The minimum absolute atomic E-state index is 0.136. The topological polar surface area (TPSA) is 113 Å². The molecule has 2 aromatic rings. The maximum Gasteiger partial charge on any atom is 0.433 e. The molecule has 3 unspecified atom stereocenters. The van der Waals surface area contributed by atoms with Gasteiger partial charge in [0.2, 0.25) is 11.8 Å². The number of hydrogen-bond donors (Lipinski definition) is 1. The highest BCUT2D eigenvalue weighted by Gasteiger charge is 2.56. The Hall–Kier alpha value is -3.41. The van der Waals surface area contributed by atoms with Gasteiger partial charge in [0.15, 0.2) is 5.69 Å². The van der Waals surface area contributed by atoms with E-state index < -0.39 is 42.4 Å². The second-order valence-corrected chi connectivity index (χ2v) is 12.2. The monoisotopic (exact) mass is 606 g/mol. The molecule has 1 spiro atoms. The van der Waals surface area contributed by atoms with Crippen molar-refractivity contribution >= 4 is 29.4 Å². The zero-order valence-corrected chi connectivity index (χ0v) is 23.5. The molecule has 1 N–H and O–H groups in total. The predicted octanol–water partition coefficient (Wildman–Crippen LogP) is 5.01. The molecule has 1 aromatic heterocycles. The molecule has 224 valence electrons. The lowest BCUT2D eigenvalue weighted by Crippen LogP contribution is -2.52. The summed E-state index contributed by atoms with van der Waals surface area (Å²) in [5.41, 5.74) is -0.445. The van der Waals surface area contributed by atoms with E-state index in [0.29, 0.717) is 48.4 Å². The van der Waals surface area contributed by atoms with Crippen molar-refractivity contribution in [1.82, 2.24) is 19.8 Å². The van der Waals surface area contributed by atoms with Crippen LogP contribution in [-0.2, 0) is 33.6 Å². The number of nitrogens with zero attached hydrogens (tertiary/aromatic N) is 4. The molecule has 0 bridgehead atoms. The Morgan fingerprint density at radius 3 is 2.57 bits per heavy atom. The Balaban J connectivity index is 1.40. The highest BCUT2D eigenvalue weighted by molar-refractivity contribution is 6.31. The van der Waals surface area contributed by atoms with Crippen molar-refractivity contribution in [2.45, 2.75) is 70.3 Å². The fourth-order valence-electron chi connectivity index (χ4n) is 6.82. The predicted molar refractivity (Wildman–Crippen MR) is 142 cm³/mol. The largest absolute Gasteiger partial charge is 0.488 e. The molecule has 42 heavy (non-hydrogen) atoms. The van der Waals surface area contributed by atoms with Crippen LogP contribution in [0.1, 0.15) is 73.5 Å². The Morgan fingerprint density at radius 2 is 1.90 bits per heavy atom. The van der Waals surface area contributed by atoms with Crippen LogP contribution in [0.3, 0.4) is 0 Å². The molecular weight excluding hydrogens is 577 g/mol. The normalized spacial score (nSPS) is 25.0. The molecule has 3 atom stereocenters. The molecule has 13 heteroatoms. The number of carbonyl (C=O) groups is 3. The van der Waals surface area contributed by atoms with E-state index in [1.54, 1.807) is 15.9 Å². The van der Waals surface area contributed by atoms with Crippen LogP contribution in [0.4, 0.5) is 13.2 Å². The number of benzene rings is 1. The molecule has 2 aliphatic carbocycles. The number of carboxylic acids is 1. The summed E-state index contributed by atoms with van der Waals surface area (Å²) in [6, 6.07) is 3.12. The molecule has 2 aliphatic heterocycles. The number of carbonyl (C=O) groups excluding carboxylic acids is 2. The average Bonchev–Trinajstić information content (AvgIpc) is 3.64. The highest BCUT2D eigenvalue weighted by atomic mass is 35.5. The van der Waals surface area contributed by atoms with Gasteiger partial charge in [-0.2, -0.15) is 13.2 Å². The Kier molecular flexibility index (Phi) is 7.31. The Labute approximate surface area is 245 Å². The van der Waals surface area contributed by atoms with Gasteiger partial charge in [0.1, 0.15) is 24.8 Å². The van der Waals surface area contributed by atoms with Gasteiger partial charge >= 0.3 is 12.1 Å². The molecule has 1 saturated heterocycles. The Morgan fingerprint density at radius 1 is 1.17 bits per heavy atom. The lowest BCUT2D eigenvalue weighted by molar-refractivity contribution is -0.157. The van der Waals surface area contributed by atoms with E-state index in [2.05, 4.69) is 9.97 Å². The first-order valence-electron chi connectivity index (χ1n) is 14.1. The molecule has 3 fully saturated rings. The summed E-state index contributed by atoms with van der Waals surface area (Å²) in [5.74, 6) is -2.88. The molecule has 1 aromatic carbocycles. The first kappa shape index (κ1) is 28.7. The van der Waals surface area contributed by atoms with E-state index >= 15 is 0 Å². The van der Waals surface area contributed by atoms with Crippen LogP contribution >= 0.6 is 11.6 Å². The lowest BCUT2D eigenvalue weighted by Gasteiger charge is -2.45. The summed E-state index contributed by atoms with van der Waals surface area (Å²) in [5, 5.41) is 10.3. The number of aliphatic carboxylic acids is 1. The van der Waals surface area contributed by atoms with Crippen LogP contribution < -0.4 is 4.74 Å². The summed E-state index contributed by atoms with van der Waals surface area (Å²) in [6.07, 6.45) is 0.923. The number of likely N-dealkylation sites (tertiary alicyclic amines) is 1. The van der Waals surface area contributed by atoms with Crippen molar-refractivity contribution in [1.29, 1.82) is 0 Å². The van der Waals surface area contributed by atoms with E-state index in [4.69, 9.17) is 16.3 Å². The first-order valence-corrected chi connectivity index (χ1v) is 14.5. The van der Waals surface area contributed by atoms with Gasteiger partial charge in [0, 0.05) is 41.9 Å². The number of halogens is 4. The van der Waals surface area contributed by atoms with Gasteiger partial charge in [-0.3, -0.25) is 14.4 Å². The number of aromatic nitrogens is 2. The van der Waals surface area contributed by atoms with E-state index in [0.717, 1.165) is 38.2 Å². The smallest absolute Gasteiger partial charge is 0.433 e. The van der Waals surface area contributed by atoms with Crippen molar-refractivity contribution in [3.8, 4) is 5.75 Å². The van der Waals surface area contributed by atoms with Crippen LogP contribution in [0.2, 0.25) is 5.02 Å².